The van der Waals surface area contributed by atoms with Gasteiger partial charge < -0.3 is 14.4 Å². The molecule has 9 nitrogen and oxygen atoms in total. The second kappa shape index (κ2) is 11.2. The number of nitriles is 1. The lowest BCUT2D eigenvalue weighted by Gasteiger charge is -2.45. The maximum absolute atomic E-state index is 10.5. The lowest BCUT2D eigenvalue weighted by molar-refractivity contribution is 0.0573. The van der Waals surface area contributed by atoms with Crippen LogP contribution in [0, 0.1) is 11.3 Å². The molecule has 0 N–H and O–H groups in total. The van der Waals surface area contributed by atoms with Crippen molar-refractivity contribution in [2.75, 3.05) is 65.7 Å². The van der Waals surface area contributed by atoms with Crippen molar-refractivity contribution in [2.24, 2.45) is 15.2 Å². The molecule has 0 saturated carbocycles. The third kappa shape index (κ3) is 4.95. The minimum atomic E-state index is -2.65. The molecule has 0 bridgehead atoms. The molecule has 0 aliphatic carbocycles. The van der Waals surface area contributed by atoms with Crippen LogP contribution in [-0.2, 0) is 9.47 Å². The normalized spacial score (nSPS) is 22.1. The number of ether oxygens (including phenoxy) is 2. The second-order valence-corrected chi connectivity index (χ2v) is 10.9. The largest absolute Gasteiger partial charge is 0.379 e. The molecule has 0 aromatic heterocycles. The first-order valence-electron chi connectivity index (χ1n) is 11.4. The van der Waals surface area contributed by atoms with Crippen molar-refractivity contribution in [2.45, 2.75) is 19.8 Å². The van der Waals surface area contributed by atoms with E-state index < -0.39 is 7.36 Å². The molecule has 0 radical (unpaired) electrons. The summed E-state index contributed by atoms with van der Waals surface area (Å²) in [7, 11) is -2.65. The van der Waals surface area contributed by atoms with Crippen molar-refractivity contribution >= 4 is 13.0 Å². The molecule has 3 saturated heterocycles. The molecule has 4 rings (SSSR count). The summed E-state index contributed by atoms with van der Waals surface area (Å²) in [5.74, 6) is 0. The average molecular weight is 458 g/mol. The van der Waals surface area contributed by atoms with Gasteiger partial charge in [-0.25, -0.2) is 9.34 Å². The Hall–Kier alpha value is -2.08. The average Bonchev–Trinajstić information content (AvgIpc) is 3.40. The maximum Gasteiger partial charge on any atom is 0.168 e. The quantitative estimate of drug-likeness (QED) is 0.275. The first kappa shape index (κ1) is 23.1. The highest BCUT2D eigenvalue weighted by molar-refractivity contribution is 7.66. The number of morpholine rings is 2. The van der Waals surface area contributed by atoms with Crippen LogP contribution in [0.3, 0.4) is 0 Å². The minimum absolute atomic E-state index is 0.624. The Morgan fingerprint density at radius 3 is 2.00 bits per heavy atom. The predicted molar refractivity (Wildman–Crippen MR) is 124 cm³/mol. The molecular weight excluding hydrogens is 425 g/mol. The molecule has 3 fully saturated rings. The highest BCUT2D eigenvalue weighted by atomic mass is 31.2. The van der Waals surface area contributed by atoms with Crippen LogP contribution >= 0.6 is 7.36 Å². The number of benzene rings is 1. The molecule has 1 aromatic carbocycles. The molecule has 3 aliphatic heterocycles. The van der Waals surface area contributed by atoms with Gasteiger partial charge in [-0.05, 0) is 37.1 Å². The minimum Gasteiger partial charge on any atom is -0.379 e. The predicted octanol–water partition coefficient (Wildman–Crippen LogP) is 4.23. The van der Waals surface area contributed by atoms with Crippen molar-refractivity contribution in [3.63, 3.8) is 0 Å². The summed E-state index contributed by atoms with van der Waals surface area (Å²) in [6.07, 6.45) is 2.31. The van der Waals surface area contributed by atoms with E-state index in [1.807, 2.05) is 30.3 Å². The number of hydrogen-bond acceptors (Lipinski definition) is 5. The van der Waals surface area contributed by atoms with Crippen LogP contribution in [0.1, 0.15) is 19.8 Å². The summed E-state index contributed by atoms with van der Waals surface area (Å²) < 4.78 is 16.0. The Morgan fingerprint density at radius 1 is 0.906 bits per heavy atom. The highest BCUT2D eigenvalue weighted by Crippen LogP contribution is 2.64. The first-order chi connectivity index (χ1) is 15.8. The van der Waals surface area contributed by atoms with E-state index in [4.69, 9.17) is 14.3 Å². The number of rotatable bonds is 6. The third-order valence-electron chi connectivity index (χ3n) is 6.17. The van der Waals surface area contributed by atoms with E-state index in [0.29, 0.717) is 52.6 Å². The lowest BCUT2D eigenvalue weighted by atomic mass is 10.3. The fourth-order valence-electron chi connectivity index (χ4n) is 4.47. The van der Waals surface area contributed by atoms with Gasteiger partial charge in [-0.2, -0.15) is 5.26 Å². The van der Waals surface area contributed by atoms with Crippen LogP contribution < -0.4 is 0 Å². The van der Waals surface area contributed by atoms with Crippen LogP contribution in [-0.4, -0.2) is 79.9 Å². The summed E-state index contributed by atoms with van der Waals surface area (Å²) in [6.45, 7) is 9.40. The maximum atomic E-state index is 10.5. The van der Waals surface area contributed by atoms with Gasteiger partial charge in [-0.15, -0.1) is 9.97 Å². The van der Waals surface area contributed by atoms with Gasteiger partial charge in [0, 0.05) is 45.0 Å². The van der Waals surface area contributed by atoms with Gasteiger partial charge in [-0.1, -0.05) is 18.2 Å². The van der Waals surface area contributed by atoms with Gasteiger partial charge >= 0.3 is 0 Å². The monoisotopic (exact) mass is 457 g/mol. The SMILES string of the molecule is CC(=C(C#N)P(=NN=Nc1ccccc1)(N1CCOCC1)N1CCOCC1)N1CCCC1. The topological polar surface area (TPSA) is 89.0 Å². The zero-order valence-electron chi connectivity index (χ0n) is 18.8. The molecule has 32 heavy (non-hydrogen) atoms. The number of allylic oxidation sites excluding steroid dienone is 2. The van der Waals surface area contributed by atoms with E-state index in [2.05, 4.69) is 37.6 Å². The second-order valence-electron chi connectivity index (χ2n) is 8.05. The van der Waals surface area contributed by atoms with Crippen molar-refractivity contribution in [1.82, 2.24) is 14.2 Å². The van der Waals surface area contributed by atoms with E-state index in [0.717, 1.165) is 42.6 Å². The van der Waals surface area contributed by atoms with Gasteiger partial charge in [0.15, 0.2) is 7.36 Å². The Labute approximate surface area is 190 Å². The van der Waals surface area contributed by atoms with Crippen LogP contribution in [0.4, 0.5) is 5.69 Å². The molecular formula is C22H32N7O2P. The van der Waals surface area contributed by atoms with Crippen molar-refractivity contribution in [1.29, 1.82) is 5.26 Å². The number of hydrogen-bond donors (Lipinski definition) is 0. The Kier molecular flexibility index (Phi) is 8.06. The van der Waals surface area contributed by atoms with Gasteiger partial charge in [-0.3, -0.25) is 0 Å². The summed E-state index contributed by atoms with van der Waals surface area (Å²) in [4.78, 5) is 7.30. The van der Waals surface area contributed by atoms with Crippen molar-refractivity contribution in [3.8, 4) is 6.07 Å². The standard InChI is InChI=1S/C22H32N7O2P/c1-20(27-9-5-6-10-27)22(19-23)32(28-11-15-30-16-12-28,29-13-17-31-18-14-29)26-25-24-21-7-3-2-4-8-21/h2-4,7-8H,5-6,9-18H2,1H3. The van der Waals surface area contributed by atoms with Crippen LogP contribution in [0.25, 0.3) is 0 Å². The molecule has 0 atom stereocenters. The zero-order chi connectivity index (χ0) is 22.2. The Balaban J connectivity index is 1.86. The summed E-state index contributed by atoms with van der Waals surface area (Å²) in [5, 5.41) is 20.0. The van der Waals surface area contributed by atoms with E-state index in [1.165, 1.54) is 0 Å². The fourth-order valence-corrected chi connectivity index (χ4v) is 8.02. The molecule has 0 amide bonds. The van der Waals surface area contributed by atoms with E-state index in [-0.39, 0.29) is 0 Å². The van der Waals surface area contributed by atoms with Crippen LogP contribution in [0.5, 0.6) is 0 Å². The molecule has 1 aromatic rings. The highest BCUT2D eigenvalue weighted by Gasteiger charge is 2.42. The Morgan fingerprint density at radius 2 is 1.47 bits per heavy atom. The van der Waals surface area contributed by atoms with Crippen molar-refractivity contribution in [3.05, 3.63) is 41.3 Å². The van der Waals surface area contributed by atoms with Gasteiger partial charge in [0.1, 0.15) is 11.4 Å². The third-order valence-corrected chi connectivity index (χ3v) is 9.90. The first-order valence-corrected chi connectivity index (χ1v) is 13.0. The molecule has 3 heterocycles. The van der Waals surface area contributed by atoms with E-state index >= 15 is 0 Å². The summed E-state index contributed by atoms with van der Waals surface area (Å²) in [6, 6.07) is 12.2. The van der Waals surface area contributed by atoms with Gasteiger partial charge in [0.25, 0.3) is 0 Å². The van der Waals surface area contributed by atoms with Crippen LogP contribution in [0.15, 0.2) is 56.5 Å². The molecule has 10 heteroatoms. The lowest BCUT2D eigenvalue weighted by Crippen LogP contribution is -2.44. The Bertz CT molecular complexity index is 888. The smallest absolute Gasteiger partial charge is 0.168 e. The fraction of sp³-hybridized carbons (Fsp3) is 0.591. The van der Waals surface area contributed by atoms with E-state index in [9.17, 15) is 5.26 Å². The van der Waals surface area contributed by atoms with Gasteiger partial charge in [0.2, 0.25) is 0 Å². The number of likely N-dealkylation sites (tertiary alicyclic amines) is 1. The molecule has 0 spiro atoms. The van der Waals surface area contributed by atoms with Gasteiger partial charge in [0.05, 0.1) is 32.1 Å². The summed E-state index contributed by atoms with van der Waals surface area (Å²) in [5.41, 5.74) is 1.77. The van der Waals surface area contributed by atoms with Crippen molar-refractivity contribution < 1.29 is 9.47 Å². The molecule has 3 aliphatic rings. The molecule has 0 unspecified atom stereocenters. The zero-order valence-corrected chi connectivity index (χ0v) is 19.7. The number of nitrogens with zero attached hydrogens (tertiary/aromatic N) is 7. The molecule has 172 valence electrons. The van der Waals surface area contributed by atoms with Crippen LogP contribution in [0.2, 0.25) is 0 Å². The van der Waals surface area contributed by atoms with E-state index in [1.54, 1.807) is 0 Å². The summed E-state index contributed by atoms with van der Waals surface area (Å²) >= 11 is 0.